The van der Waals surface area contributed by atoms with E-state index in [0.717, 1.165) is 18.6 Å². The maximum absolute atomic E-state index is 14.5. The highest BCUT2D eigenvalue weighted by Gasteiger charge is 2.46. The van der Waals surface area contributed by atoms with Crippen LogP contribution in [-0.2, 0) is 11.2 Å². The van der Waals surface area contributed by atoms with Crippen LogP contribution in [0.3, 0.4) is 0 Å². The Morgan fingerprint density at radius 2 is 2.03 bits per heavy atom. The van der Waals surface area contributed by atoms with E-state index in [1.165, 1.54) is 12.4 Å². The van der Waals surface area contributed by atoms with Crippen molar-refractivity contribution in [2.75, 3.05) is 29.9 Å². The fourth-order valence-electron chi connectivity index (χ4n) is 4.08. The summed E-state index contributed by atoms with van der Waals surface area (Å²) in [7, 11) is 0. The average Bonchev–Trinajstić information content (AvgIpc) is 2.73. The summed E-state index contributed by atoms with van der Waals surface area (Å²) in [6.07, 6.45) is 2.75. The number of benzene rings is 1. The van der Waals surface area contributed by atoms with Crippen LogP contribution in [-0.4, -0.2) is 57.4 Å². The number of halogens is 2. The third kappa shape index (κ3) is 3.67. The highest BCUT2D eigenvalue weighted by atomic mass is 19.1. The summed E-state index contributed by atoms with van der Waals surface area (Å²) in [5.74, 6) is -1.41. The number of nitro benzene ring substituents is 1. The first-order chi connectivity index (χ1) is 14.4. The van der Waals surface area contributed by atoms with E-state index in [0.29, 0.717) is 31.0 Å². The van der Waals surface area contributed by atoms with Gasteiger partial charge in [-0.2, -0.15) is 4.39 Å². The van der Waals surface area contributed by atoms with Crippen LogP contribution in [0.15, 0.2) is 24.5 Å². The zero-order valence-electron chi connectivity index (χ0n) is 16.2. The summed E-state index contributed by atoms with van der Waals surface area (Å²) in [5.41, 5.74) is -0.151. The minimum atomic E-state index is -0.960. The molecule has 0 saturated carbocycles. The van der Waals surface area contributed by atoms with E-state index in [4.69, 9.17) is 0 Å². The second kappa shape index (κ2) is 7.90. The summed E-state index contributed by atoms with van der Waals surface area (Å²) >= 11 is 0. The molecular formula is C19H20F2N6O3. The van der Waals surface area contributed by atoms with Crippen LogP contribution in [0.1, 0.15) is 19.0 Å². The maximum Gasteiger partial charge on any atom is 0.306 e. The van der Waals surface area contributed by atoms with Crippen molar-refractivity contribution in [3.8, 4) is 0 Å². The Balaban J connectivity index is 1.38. The zero-order valence-corrected chi connectivity index (χ0v) is 16.2. The number of aryl methyl sites for hydroxylation is 1. The van der Waals surface area contributed by atoms with E-state index < -0.39 is 22.2 Å². The highest BCUT2D eigenvalue weighted by molar-refractivity contribution is 5.92. The van der Waals surface area contributed by atoms with Gasteiger partial charge in [0.05, 0.1) is 17.2 Å². The van der Waals surface area contributed by atoms with Crippen molar-refractivity contribution in [1.82, 2.24) is 14.9 Å². The number of nitrogens with zero attached hydrogens (tertiary/aromatic N) is 5. The van der Waals surface area contributed by atoms with E-state index in [-0.39, 0.29) is 30.2 Å². The second-order valence-corrected chi connectivity index (χ2v) is 7.40. The minimum Gasteiger partial charge on any atom is -0.351 e. The lowest BCUT2D eigenvalue weighted by Crippen LogP contribution is -2.70. The predicted octanol–water partition coefficient (Wildman–Crippen LogP) is 2.13. The standard InChI is InChI=1S/C19H20F2N6O3/c1-2-15-18(21)19(23-10-22-15)25-7-12-6-13(8-25)26(12)9-17(28)24-11-3-4-14(20)16(5-11)27(29)30/h3-5,10,12-13H,2,6-9H2,1H3,(H,24,28). The van der Waals surface area contributed by atoms with E-state index in [1.807, 2.05) is 16.7 Å². The molecule has 2 unspecified atom stereocenters. The molecule has 30 heavy (non-hydrogen) atoms. The average molecular weight is 418 g/mol. The molecule has 3 fully saturated rings. The highest BCUT2D eigenvalue weighted by Crippen LogP contribution is 2.35. The topological polar surface area (TPSA) is 104 Å². The van der Waals surface area contributed by atoms with Crippen molar-refractivity contribution in [3.05, 3.63) is 52.0 Å². The molecular weight excluding hydrogens is 398 g/mol. The molecule has 0 aliphatic carbocycles. The van der Waals surface area contributed by atoms with Gasteiger partial charge in [0.25, 0.3) is 0 Å². The van der Waals surface area contributed by atoms with Crippen molar-refractivity contribution in [2.45, 2.75) is 31.8 Å². The number of carbonyl (C=O) groups excluding carboxylic acids is 1. The third-order valence-electron chi connectivity index (χ3n) is 5.57. The number of nitrogens with one attached hydrogen (secondary N) is 1. The lowest BCUT2D eigenvalue weighted by atomic mass is 9.87. The molecule has 0 radical (unpaired) electrons. The maximum atomic E-state index is 14.5. The second-order valence-electron chi connectivity index (χ2n) is 7.40. The summed E-state index contributed by atoms with van der Waals surface area (Å²) in [6.45, 7) is 3.02. The van der Waals surface area contributed by atoms with Gasteiger partial charge in [-0.25, -0.2) is 14.4 Å². The van der Waals surface area contributed by atoms with Crippen molar-refractivity contribution < 1.29 is 18.5 Å². The van der Waals surface area contributed by atoms with Gasteiger partial charge in [-0.3, -0.25) is 19.8 Å². The van der Waals surface area contributed by atoms with Gasteiger partial charge in [-0.15, -0.1) is 0 Å². The van der Waals surface area contributed by atoms with Crippen LogP contribution in [0.25, 0.3) is 0 Å². The van der Waals surface area contributed by atoms with Gasteiger partial charge in [0.1, 0.15) is 6.33 Å². The Morgan fingerprint density at radius 1 is 1.30 bits per heavy atom. The number of hydrogen-bond donors (Lipinski definition) is 1. The lowest BCUT2D eigenvalue weighted by molar-refractivity contribution is -0.387. The Morgan fingerprint density at radius 3 is 2.70 bits per heavy atom. The van der Waals surface area contributed by atoms with Crippen LogP contribution in [0.5, 0.6) is 0 Å². The molecule has 3 aliphatic heterocycles. The quantitative estimate of drug-likeness (QED) is 0.566. The summed E-state index contributed by atoms with van der Waals surface area (Å²) in [4.78, 5) is 34.3. The molecule has 2 bridgehead atoms. The molecule has 11 heteroatoms. The monoisotopic (exact) mass is 418 g/mol. The Kier molecular flexibility index (Phi) is 5.29. The number of nitro groups is 1. The first-order valence-corrected chi connectivity index (χ1v) is 9.61. The molecule has 3 saturated heterocycles. The Bertz CT molecular complexity index is 992. The lowest BCUT2D eigenvalue weighted by Gasteiger charge is -2.56. The first-order valence-electron chi connectivity index (χ1n) is 9.61. The number of rotatable bonds is 6. The summed E-state index contributed by atoms with van der Waals surface area (Å²) < 4.78 is 28.0. The molecule has 1 N–H and O–H groups in total. The number of piperazine rings is 1. The van der Waals surface area contributed by atoms with Crippen molar-refractivity contribution in [2.24, 2.45) is 0 Å². The summed E-state index contributed by atoms with van der Waals surface area (Å²) in [5, 5.41) is 13.4. The molecule has 2 aromatic rings. The van der Waals surface area contributed by atoms with Crippen molar-refractivity contribution >= 4 is 23.1 Å². The van der Waals surface area contributed by atoms with E-state index in [9.17, 15) is 23.7 Å². The van der Waals surface area contributed by atoms with Crippen LogP contribution >= 0.6 is 0 Å². The van der Waals surface area contributed by atoms with Gasteiger partial charge in [0, 0.05) is 36.9 Å². The number of fused-ring (bicyclic) bond motifs is 2. The molecule has 1 aromatic heterocycles. The first kappa shape index (κ1) is 20.1. The number of amides is 1. The van der Waals surface area contributed by atoms with Crippen LogP contribution < -0.4 is 10.2 Å². The zero-order chi connectivity index (χ0) is 21.4. The smallest absolute Gasteiger partial charge is 0.306 e. The Labute approximate surface area is 170 Å². The van der Waals surface area contributed by atoms with Gasteiger partial charge in [0.2, 0.25) is 11.7 Å². The fourth-order valence-corrected chi connectivity index (χ4v) is 4.08. The van der Waals surface area contributed by atoms with Gasteiger partial charge in [0.15, 0.2) is 11.6 Å². The van der Waals surface area contributed by atoms with Gasteiger partial charge < -0.3 is 10.2 Å². The summed E-state index contributed by atoms with van der Waals surface area (Å²) in [6, 6.07) is 3.38. The van der Waals surface area contributed by atoms with Gasteiger partial charge >= 0.3 is 5.69 Å². The fraction of sp³-hybridized carbons (Fsp3) is 0.421. The molecule has 1 aromatic carbocycles. The van der Waals surface area contributed by atoms with Crippen molar-refractivity contribution in [3.63, 3.8) is 0 Å². The van der Waals surface area contributed by atoms with Gasteiger partial charge in [-0.1, -0.05) is 6.92 Å². The molecule has 9 nitrogen and oxygen atoms in total. The molecule has 2 atom stereocenters. The van der Waals surface area contributed by atoms with Gasteiger partial charge in [-0.05, 0) is 25.0 Å². The normalized spacial score (nSPS) is 20.6. The van der Waals surface area contributed by atoms with E-state index in [2.05, 4.69) is 15.3 Å². The molecule has 1 amide bonds. The molecule has 3 aliphatic rings. The Hall–Kier alpha value is -3.21. The van der Waals surface area contributed by atoms with Crippen molar-refractivity contribution in [1.29, 1.82) is 0 Å². The number of aromatic nitrogens is 2. The van der Waals surface area contributed by atoms with Crippen LogP contribution in [0, 0.1) is 21.7 Å². The number of carbonyl (C=O) groups is 1. The van der Waals surface area contributed by atoms with E-state index in [1.54, 1.807) is 0 Å². The third-order valence-corrected chi connectivity index (χ3v) is 5.57. The largest absolute Gasteiger partial charge is 0.351 e. The number of hydrogen-bond acceptors (Lipinski definition) is 7. The minimum absolute atomic E-state index is 0.0801. The van der Waals surface area contributed by atoms with Crippen LogP contribution in [0.4, 0.5) is 26.0 Å². The number of anilines is 2. The number of piperidine rings is 1. The molecule has 4 heterocycles. The molecule has 0 spiro atoms. The van der Waals surface area contributed by atoms with E-state index >= 15 is 0 Å². The van der Waals surface area contributed by atoms with Crippen LogP contribution in [0.2, 0.25) is 0 Å². The molecule has 5 rings (SSSR count). The SMILES string of the molecule is CCc1ncnc(N2CC3CC(C2)N3CC(=O)Nc2ccc(F)c([N+](=O)[O-])c2)c1F. The molecule has 158 valence electrons. The predicted molar refractivity (Wildman–Crippen MR) is 104 cm³/mol.